The first-order valence-electron chi connectivity index (χ1n) is 12.6. The molecule has 0 spiro atoms. The van der Waals surface area contributed by atoms with Gasteiger partial charge in [-0.1, -0.05) is 110 Å². The minimum absolute atomic E-state index is 0.115. The van der Waals surface area contributed by atoms with Crippen molar-refractivity contribution in [2.45, 2.75) is 32.4 Å². The predicted molar refractivity (Wildman–Crippen MR) is 153 cm³/mol. The van der Waals surface area contributed by atoms with Crippen molar-refractivity contribution in [1.82, 2.24) is 0 Å². The van der Waals surface area contributed by atoms with Gasteiger partial charge in [-0.3, -0.25) is 4.79 Å². The molecule has 0 aliphatic rings. The Bertz CT molecular complexity index is 1470. The third-order valence-electron chi connectivity index (χ3n) is 6.48. The average Bonchev–Trinajstić information content (AvgIpc) is 2.90. The predicted octanol–water partition coefficient (Wildman–Crippen LogP) is 10.1. The van der Waals surface area contributed by atoms with Gasteiger partial charge in [0.05, 0.1) is 16.5 Å². The molecule has 39 heavy (non-hydrogen) atoms. The lowest BCUT2D eigenvalue weighted by molar-refractivity contribution is -0.139. The van der Waals surface area contributed by atoms with Gasteiger partial charge in [0.25, 0.3) is 0 Å². The minimum Gasteiger partial charge on any atom is -0.481 e. The Morgan fingerprint density at radius 2 is 1.41 bits per heavy atom. The number of hydrogen-bond donors (Lipinski definition) is 1. The molecule has 1 N–H and O–H groups in total. The Morgan fingerprint density at radius 3 is 2.03 bits per heavy atom. The van der Waals surface area contributed by atoms with Crippen molar-refractivity contribution in [2.24, 2.45) is 5.92 Å². The Kier molecular flexibility index (Phi) is 8.61. The second-order valence-electron chi connectivity index (χ2n) is 9.92. The number of carboxylic acid groups (broad SMARTS) is 1. The van der Waals surface area contributed by atoms with Gasteiger partial charge in [-0.05, 0) is 69.5 Å². The summed E-state index contributed by atoms with van der Waals surface area (Å²) in [6, 6.07) is 27.0. The zero-order valence-corrected chi connectivity index (χ0v) is 22.3. The van der Waals surface area contributed by atoms with Crippen molar-refractivity contribution in [3.63, 3.8) is 0 Å². The summed E-state index contributed by atoms with van der Waals surface area (Å²) in [7, 11) is 0. The molecule has 1 atom stereocenters. The first-order chi connectivity index (χ1) is 18.5. The Hall–Kier alpha value is -3.83. The maximum atomic E-state index is 13.6. The maximum absolute atomic E-state index is 13.6. The molecule has 1 unspecified atom stereocenters. The van der Waals surface area contributed by atoms with Crippen molar-refractivity contribution in [3.8, 4) is 22.3 Å². The SMILES string of the molecule is CC(C)CC(C(=O)O)c1cc(/C=C/c2ccc(-c3ccccc3)cc2)cc(-c2ccc(Cl)c(C(F)(F)F)c2)c1. The second-order valence-corrected chi connectivity index (χ2v) is 10.3. The smallest absolute Gasteiger partial charge is 0.417 e. The van der Waals surface area contributed by atoms with E-state index in [1.807, 2.05) is 80.6 Å². The number of carboxylic acids is 1. The van der Waals surface area contributed by atoms with Gasteiger partial charge < -0.3 is 5.11 Å². The van der Waals surface area contributed by atoms with E-state index < -0.39 is 23.6 Å². The summed E-state index contributed by atoms with van der Waals surface area (Å²) < 4.78 is 40.7. The van der Waals surface area contributed by atoms with Crippen LogP contribution in [0.15, 0.2) is 91.0 Å². The molecule has 2 nitrogen and oxygen atoms in total. The minimum atomic E-state index is -4.61. The van der Waals surface area contributed by atoms with Crippen LogP contribution in [0.4, 0.5) is 13.2 Å². The van der Waals surface area contributed by atoms with Crippen molar-refractivity contribution in [1.29, 1.82) is 0 Å². The van der Waals surface area contributed by atoms with E-state index in [0.717, 1.165) is 22.8 Å². The van der Waals surface area contributed by atoms with E-state index in [-0.39, 0.29) is 10.9 Å². The standard InChI is InChI=1S/C33H28ClF3O2/c1-21(2)16-29(32(38)39)28-18-23(9-8-22-10-12-25(13-11-22)24-6-4-3-5-7-24)17-27(19-28)26-14-15-31(34)30(20-26)33(35,36)37/h3-15,17-21,29H,16H2,1-2H3,(H,38,39)/b9-8+. The van der Waals surface area contributed by atoms with Crippen LogP contribution in [0.3, 0.4) is 0 Å². The van der Waals surface area contributed by atoms with E-state index in [4.69, 9.17) is 11.6 Å². The van der Waals surface area contributed by atoms with E-state index in [9.17, 15) is 23.1 Å². The number of aliphatic carboxylic acids is 1. The largest absolute Gasteiger partial charge is 0.481 e. The molecule has 0 fully saturated rings. The van der Waals surface area contributed by atoms with Crippen LogP contribution in [0.2, 0.25) is 5.02 Å². The van der Waals surface area contributed by atoms with Gasteiger partial charge in [0.1, 0.15) is 0 Å². The van der Waals surface area contributed by atoms with Crippen LogP contribution in [0.1, 0.15) is 48.4 Å². The molecule has 0 radical (unpaired) electrons. The van der Waals surface area contributed by atoms with Crippen LogP contribution in [-0.2, 0) is 11.0 Å². The normalized spacial score (nSPS) is 12.7. The summed E-state index contributed by atoms with van der Waals surface area (Å²) in [5.74, 6) is -1.65. The third kappa shape index (κ3) is 7.18. The number of benzene rings is 4. The van der Waals surface area contributed by atoms with Gasteiger partial charge in [0.15, 0.2) is 0 Å². The highest BCUT2D eigenvalue weighted by Gasteiger charge is 2.33. The van der Waals surface area contributed by atoms with E-state index in [1.165, 1.54) is 12.1 Å². The molecule has 6 heteroatoms. The summed E-state index contributed by atoms with van der Waals surface area (Å²) in [4.78, 5) is 12.2. The molecule has 0 bridgehead atoms. The van der Waals surface area contributed by atoms with Crippen molar-refractivity contribution in [2.75, 3.05) is 0 Å². The summed E-state index contributed by atoms with van der Waals surface area (Å²) in [6.45, 7) is 3.88. The molecule has 0 amide bonds. The van der Waals surface area contributed by atoms with Gasteiger partial charge in [-0.2, -0.15) is 13.2 Å². The molecule has 0 aliphatic carbocycles. The quantitative estimate of drug-likeness (QED) is 0.222. The fourth-order valence-corrected chi connectivity index (χ4v) is 4.75. The van der Waals surface area contributed by atoms with Crippen molar-refractivity contribution >= 4 is 29.7 Å². The zero-order chi connectivity index (χ0) is 28.2. The Balaban J connectivity index is 1.75. The lowest BCUT2D eigenvalue weighted by Crippen LogP contribution is -2.14. The van der Waals surface area contributed by atoms with E-state index in [0.29, 0.717) is 28.7 Å². The van der Waals surface area contributed by atoms with Gasteiger partial charge in [0, 0.05) is 0 Å². The highest BCUT2D eigenvalue weighted by molar-refractivity contribution is 6.31. The monoisotopic (exact) mass is 548 g/mol. The van der Waals surface area contributed by atoms with Crippen LogP contribution < -0.4 is 0 Å². The Labute approximate surface area is 231 Å². The number of rotatable bonds is 8. The number of hydrogen-bond acceptors (Lipinski definition) is 1. The summed E-state index contributed by atoms with van der Waals surface area (Å²) in [5, 5.41) is 9.57. The first kappa shape index (κ1) is 28.2. The van der Waals surface area contributed by atoms with Crippen LogP contribution in [-0.4, -0.2) is 11.1 Å². The lowest BCUT2D eigenvalue weighted by atomic mass is 9.87. The molecular formula is C33H28ClF3O2. The number of alkyl halides is 3. The van der Waals surface area contributed by atoms with Crippen molar-refractivity contribution < 1.29 is 23.1 Å². The molecular weight excluding hydrogens is 521 g/mol. The van der Waals surface area contributed by atoms with Crippen LogP contribution in [0, 0.1) is 5.92 Å². The van der Waals surface area contributed by atoms with E-state index in [2.05, 4.69) is 0 Å². The van der Waals surface area contributed by atoms with E-state index in [1.54, 1.807) is 18.2 Å². The molecule has 0 aliphatic heterocycles. The molecule has 0 saturated carbocycles. The highest BCUT2D eigenvalue weighted by atomic mass is 35.5. The maximum Gasteiger partial charge on any atom is 0.417 e. The molecule has 4 aromatic rings. The van der Waals surface area contributed by atoms with Gasteiger partial charge in [-0.15, -0.1) is 0 Å². The zero-order valence-electron chi connectivity index (χ0n) is 21.5. The van der Waals surface area contributed by atoms with Crippen LogP contribution in [0.25, 0.3) is 34.4 Å². The topological polar surface area (TPSA) is 37.3 Å². The Morgan fingerprint density at radius 1 is 0.795 bits per heavy atom. The summed E-state index contributed by atoms with van der Waals surface area (Å²) in [5.41, 5.74) is 4.22. The van der Waals surface area contributed by atoms with Crippen LogP contribution in [0.5, 0.6) is 0 Å². The third-order valence-corrected chi connectivity index (χ3v) is 6.81. The second kappa shape index (κ2) is 11.9. The van der Waals surface area contributed by atoms with Gasteiger partial charge in [-0.25, -0.2) is 0 Å². The molecule has 200 valence electrons. The fraction of sp³-hybridized carbons (Fsp3) is 0.182. The molecule has 4 rings (SSSR count). The van der Waals surface area contributed by atoms with E-state index >= 15 is 0 Å². The molecule has 4 aromatic carbocycles. The summed E-state index contributed by atoms with van der Waals surface area (Å²) in [6.07, 6.45) is -0.462. The van der Waals surface area contributed by atoms with Crippen molar-refractivity contribution in [3.05, 3.63) is 118 Å². The first-order valence-corrected chi connectivity index (χ1v) is 13.0. The van der Waals surface area contributed by atoms with Gasteiger partial charge >= 0.3 is 12.1 Å². The number of halogens is 4. The molecule has 0 saturated heterocycles. The molecule has 0 heterocycles. The lowest BCUT2D eigenvalue weighted by Gasteiger charge is -2.18. The highest BCUT2D eigenvalue weighted by Crippen LogP contribution is 2.38. The molecule has 0 aromatic heterocycles. The van der Waals surface area contributed by atoms with Gasteiger partial charge in [0.2, 0.25) is 0 Å². The fourth-order valence-electron chi connectivity index (χ4n) is 4.52. The number of carbonyl (C=O) groups is 1. The average molecular weight is 549 g/mol. The van der Waals surface area contributed by atoms with Crippen LogP contribution >= 0.6 is 11.6 Å². The summed E-state index contributed by atoms with van der Waals surface area (Å²) >= 11 is 5.84.